The van der Waals surface area contributed by atoms with Crippen molar-refractivity contribution >= 4 is 17.5 Å². The van der Waals surface area contributed by atoms with Gasteiger partial charge in [0.15, 0.2) is 0 Å². The van der Waals surface area contributed by atoms with Crippen LogP contribution in [0.2, 0.25) is 0 Å². The minimum absolute atomic E-state index is 0.0715. The summed E-state index contributed by atoms with van der Waals surface area (Å²) in [7, 11) is 0. The maximum absolute atomic E-state index is 12.1. The minimum atomic E-state index is -0.182. The summed E-state index contributed by atoms with van der Waals surface area (Å²) in [6.45, 7) is 0.774. The van der Waals surface area contributed by atoms with Crippen LogP contribution in [0.4, 0.5) is 5.69 Å². The first-order valence-corrected chi connectivity index (χ1v) is 7.33. The smallest absolute Gasteiger partial charge is 0.243 e. The van der Waals surface area contributed by atoms with Crippen molar-refractivity contribution in [3.8, 4) is 12.3 Å². The normalized spacial score (nSPS) is 15.8. The zero-order chi connectivity index (χ0) is 15.1. The Kier molecular flexibility index (Phi) is 5.39. The molecular weight excluding hydrogens is 264 g/mol. The van der Waals surface area contributed by atoms with E-state index in [1.165, 1.54) is 0 Å². The fourth-order valence-electron chi connectivity index (χ4n) is 2.44. The monoisotopic (exact) mass is 284 g/mol. The predicted octanol–water partition coefficient (Wildman–Crippen LogP) is 2.40. The van der Waals surface area contributed by atoms with Crippen molar-refractivity contribution < 1.29 is 9.59 Å². The fourth-order valence-corrected chi connectivity index (χ4v) is 2.44. The summed E-state index contributed by atoms with van der Waals surface area (Å²) >= 11 is 0. The van der Waals surface area contributed by atoms with Gasteiger partial charge in [-0.25, -0.2) is 0 Å². The van der Waals surface area contributed by atoms with Gasteiger partial charge < -0.3 is 10.2 Å². The second-order valence-electron chi connectivity index (χ2n) is 5.25. The predicted molar refractivity (Wildman–Crippen MR) is 82.7 cm³/mol. The van der Waals surface area contributed by atoms with E-state index < -0.39 is 0 Å². The van der Waals surface area contributed by atoms with Crippen molar-refractivity contribution in [3.05, 3.63) is 29.8 Å². The second-order valence-corrected chi connectivity index (χ2v) is 5.25. The Labute approximate surface area is 125 Å². The number of rotatable bonds is 3. The molecule has 1 saturated heterocycles. The Hall–Kier alpha value is -2.28. The maximum Gasteiger partial charge on any atom is 0.243 e. The summed E-state index contributed by atoms with van der Waals surface area (Å²) in [4.78, 5) is 25.7. The van der Waals surface area contributed by atoms with Crippen LogP contribution in [0, 0.1) is 12.3 Å². The van der Waals surface area contributed by atoms with Crippen LogP contribution in [0.3, 0.4) is 0 Å². The van der Waals surface area contributed by atoms with Crippen molar-refractivity contribution in [1.82, 2.24) is 4.90 Å². The highest BCUT2D eigenvalue weighted by molar-refractivity contribution is 5.94. The van der Waals surface area contributed by atoms with Crippen LogP contribution in [-0.2, 0) is 9.59 Å². The number of carbonyl (C=O) groups excluding carboxylic acids is 2. The number of anilines is 1. The number of terminal acetylenes is 1. The lowest BCUT2D eigenvalue weighted by Gasteiger charge is -2.24. The molecule has 1 fully saturated rings. The number of nitrogens with one attached hydrogen (secondary N) is 1. The topological polar surface area (TPSA) is 49.4 Å². The summed E-state index contributed by atoms with van der Waals surface area (Å²) in [5.74, 6) is 2.42. The van der Waals surface area contributed by atoms with Crippen molar-refractivity contribution in [2.24, 2.45) is 0 Å². The molecule has 4 nitrogen and oxygen atoms in total. The molecular formula is C17H20N2O2. The highest BCUT2D eigenvalue weighted by Crippen LogP contribution is 2.13. The summed E-state index contributed by atoms with van der Waals surface area (Å²) in [5, 5.41) is 2.79. The standard InChI is InChI=1S/C17H20N2O2/c1-2-14-8-7-9-15(12-14)18-16(20)13-19-11-6-4-3-5-10-17(19)21/h1,7-9,12H,3-6,10-11,13H2,(H,18,20). The molecule has 2 amide bonds. The third kappa shape index (κ3) is 4.64. The third-order valence-electron chi connectivity index (χ3n) is 3.57. The van der Waals surface area contributed by atoms with Crippen LogP contribution in [0.1, 0.15) is 37.7 Å². The summed E-state index contributed by atoms with van der Waals surface area (Å²) in [6.07, 6.45) is 9.98. The first-order chi connectivity index (χ1) is 10.2. The van der Waals surface area contributed by atoms with Gasteiger partial charge in [-0.3, -0.25) is 9.59 Å². The second kappa shape index (κ2) is 7.49. The van der Waals surface area contributed by atoms with Gasteiger partial charge in [-0.2, -0.15) is 0 Å². The molecule has 0 atom stereocenters. The van der Waals surface area contributed by atoms with E-state index in [0.29, 0.717) is 18.7 Å². The average Bonchev–Trinajstić information content (AvgIpc) is 2.47. The van der Waals surface area contributed by atoms with Crippen LogP contribution < -0.4 is 5.32 Å². The number of carbonyl (C=O) groups is 2. The number of nitrogens with zero attached hydrogens (tertiary/aromatic N) is 1. The Morgan fingerprint density at radius 3 is 2.90 bits per heavy atom. The number of benzene rings is 1. The van der Waals surface area contributed by atoms with Gasteiger partial charge in [0.25, 0.3) is 0 Å². The van der Waals surface area contributed by atoms with Crippen molar-refractivity contribution in [3.63, 3.8) is 0 Å². The number of hydrogen-bond donors (Lipinski definition) is 1. The molecule has 0 bridgehead atoms. The SMILES string of the molecule is C#Cc1cccc(NC(=O)CN2CCCCCCC2=O)c1. The van der Waals surface area contributed by atoms with Crippen LogP contribution in [0.15, 0.2) is 24.3 Å². The average molecular weight is 284 g/mol. The molecule has 0 unspecified atom stereocenters. The minimum Gasteiger partial charge on any atom is -0.333 e. The largest absolute Gasteiger partial charge is 0.333 e. The van der Waals surface area contributed by atoms with Crippen LogP contribution >= 0.6 is 0 Å². The maximum atomic E-state index is 12.1. The van der Waals surface area contributed by atoms with Crippen molar-refractivity contribution in [1.29, 1.82) is 0 Å². The van der Waals surface area contributed by atoms with Crippen molar-refractivity contribution in [2.75, 3.05) is 18.4 Å². The van der Waals surface area contributed by atoms with E-state index >= 15 is 0 Å². The summed E-state index contributed by atoms with van der Waals surface area (Å²) in [5.41, 5.74) is 1.38. The molecule has 0 spiro atoms. The van der Waals surface area contributed by atoms with Gasteiger partial charge in [0.2, 0.25) is 11.8 Å². The number of amides is 2. The molecule has 1 aromatic rings. The number of hydrogen-bond acceptors (Lipinski definition) is 2. The van der Waals surface area contributed by atoms with E-state index in [1.807, 2.05) is 0 Å². The first-order valence-electron chi connectivity index (χ1n) is 7.33. The molecule has 0 aromatic heterocycles. The van der Waals surface area contributed by atoms with Gasteiger partial charge in [0.05, 0.1) is 6.54 Å². The third-order valence-corrected chi connectivity index (χ3v) is 3.57. The molecule has 1 aliphatic rings. The molecule has 1 aliphatic heterocycles. The Bertz CT molecular complexity index is 560. The van der Waals surface area contributed by atoms with Gasteiger partial charge in [-0.1, -0.05) is 24.8 Å². The van der Waals surface area contributed by atoms with Gasteiger partial charge >= 0.3 is 0 Å². The van der Waals surface area contributed by atoms with Gasteiger partial charge in [-0.15, -0.1) is 6.42 Å². The highest BCUT2D eigenvalue weighted by atomic mass is 16.2. The lowest BCUT2D eigenvalue weighted by molar-refractivity contribution is -0.135. The zero-order valence-electron chi connectivity index (χ0n) is 12.1. The van der Waals surface area contributed by atoms with Gasteiger partial charge in [0, 0.05) is 24.2 Å². The van der Waals surface area contributed by atoms with E-state index in [0.717, 1.165) is 31.2 Å². The van der Waals surface area contributed by atoms with E-state index in [4.69, 9.17) is 6.42 Å². The van der Waals surface area contributed by atoms with Gasteiger partial charge in [0.1, 0.15) is 0 Å². The summed E-state index contributed by atoms with van der Waals surface area (Å²) < 4.78 is 0. The van der Waals surface area contributed by atoms with Crippen LogP contribution in [-0.4, -0.2) is 29.8 Å². The Balaban J connectivity index is 1.93. The van der Waals surface area contributed by atoms with E-state index in [2.05, 4.69) is 11.2 Å². The lowest BCUT2D eigenvalue weighted by atomic mass is 10.1. The molecule has 0 aliphatic carbocycles. The molecule has 1 heterocycles. The molecule has 0 saturated carbocycles. The molecule has 4 heteroatoms. The molecule has 2 rings (SSSR count). The van der Waals surface area contributed by atoms with E-state index in [1.54, 1.807) is 29.2 Å². The summed E-state index contributed by atoms with van der Waals surface area (Å²) in [6, 6.07) is 7.13. The lowest BCUT2D eigenvalue weighted by Crippen LogP contribution is -2.39. The molecule has 110 valence electrons. The first kappa shape index (κ1) is 15.1. The molecule has 0 radical (unpaired) electrons. The van der Waals surface area contributed by atoms with Gasteiger partial charge in [-0.05, 0) is 31.0 Å². The molecule has 1 aromatic carbocycles. The Morgan fingerprint density at radius 2 is 2.10 bits per heavy atom. The van der Waals surface area contributed by atoms with Crippen molar-refractivity contribution in [2.45, 2.75) is 32.1 Å². The zero-order valence-corrected chi connectivity index (χ0v) is 12.1. The van der Waals surface area contributed by atoms with E-state index in [-0.39, 0.29) is 18.4 Å². The van der Waals surface area contributed by atoms with E-state index in [9.17, 15) is 9.59 Å². The Morgan fingerprint density at radius 1 is 1.29 bits per heavy atom. The highest BCUT2D eigenvalue weighted by Gasteiger charge is 2.18. The number of likely N-dealkylation sites (tertiary alicyclic amines) is 1. The quantitative estimate of drug-likeness (QED) is 0.866. The molecule has 1 N–H and O–H groups in total. The van der Waals surface area contributed by atoms with Crippen LogP contribution in [0.5, 0.6) is 0 Å². The molecule has 21 heavy (non-hydrogen) atoms. The fraction of sp³-hybridized carbons (Fsp3) is 0.412. The van der Waals surface area contributed by atoms with Crippen LogP contribution in [0.25, 0.3) is 0 Å².